The highest BCUT2D eigenvalue weighted by Gasteiger charge is 2.38. The third-order valence-electron chi connectivity index (χ3n) is 5.31. The molecule has 3 aromatic carbocycles. The summed E-state index contributed by atoms with van der Waals surface area (Å²) in [5.41, 5.74) is 2.06. The molecule has 35 heavy (non-hydrogen) atoms. The molecule has 1 aliphatic heterocycles. The summed E-state index contributed by atoms with van der Waals surface area (Å²) < 4.78 is 22.1. The number of carbonyl (C=O) groups is 3. The topological polar surface area (TPSA) is 75.7 Å². The average molecular weight is 649 g/mol. The van der Waals surface area contributed by atoms with E-state index < -0.39 is 23.7 Å². The minimum atomic E-state index is -1.00. The molecule has 0 radical (unpaired) electrons. The number of benzene rings is 3. The molecule has 4 amide bonds. The summed E-state index contributed by atoms with van der Waals surface area (Å²) in [5, 5.41) is 2.11. The van der Waals surface area contributed by atoms with Gasteiger partial charge in [-0.05, 0) is 77.0 Å². The fourth-order valence-corrected chi connectivity index (χ4v) is 4.92. The predicted octanol–water partition coefficient (Wildman–Crippen LogP) is 5.85. The number of urea groups is 1. The van der Waals surface area contributed by atoms with Crippen molar-refractivity contribution in [3.05, 3.63) is 96.8 Å². The maximum Gasteiger partial charge on any atom is 0.336 e. The van der Waals surface area contributed by atoms with Crippen LogP contribution < -0.4 is 15.0 Å². The molecule has 178 valence electrons. The summed E-state index contributed by atoms with van der Waals surface area (Å²) in [7, 11) is 0. The molecule has 0 atom stereocenters. The van der Waals surface area contributed by atoms with Crippen molar-refractivity contribution in [1.29, 1.82) is 0 Å². The van der Waals surface area contributed by atoms with E-state index in [4.69, 9.17) is 4.74 Å². The van der Waals surface area contributed by atoms with Gasteiger partial charge in [-0.15, -0.1) is 0 Å². The first-order valence-electron chi connectivity index (χ1n) is 10.6. The van der Waals surface area contributed by atoms with Crippen LogP contribution in [0.3, 0.4) is 0 Å². The van der Waals surface area contributed by atoms with Gasteiger partial charge in [0.05, 0.1) is 12.3 Å². The van der Waals surface area contributed by atoms with Crippen molar-refractivity contribution < 1.29 is 23.5 Å². The van der Waals surface area contributed by atoms with Gasteiger partial charge in [0.2, 0.25) is 0 Å². The Morgan fingerprint density at radius 1 is 1.09 bits per heavy atom. The number of barbiturate groups is 1. The van der Waals surface area contributed by atoms with Crippen molar-refractivity contribution in [3.63, 3.8) is 0 Å². The van der Waals surface area contributed by atoms with E-state index in [2.05, 4.69) is 43.8 Å². The fraction of sp³-hybridized carbons (Fsp3) is 0.115. The lowest BCUT2D eigenvalue weighted by atomic mass is 10.0. The molecular formula is C26H19BrFIN2O4. The number of halogens is 3. The SMILES string of the molecule is CCOc1cc(/C=C2/C(=O)NC(=O)N(c3ccccc3F)C2=O)cc(I)c1Cc1ccccc1Br. The van der Waals surface area contributed by atoms with Gasteiger partial charge < -0.3 is 4.74 Å². The number of ether oxygens (including phenoxy) is 1. The van der Waals surface area contributed by atoms with E-state index in [1.807, 2.05) is 37.3 Å². The zero-order valence-corrected chi connectivity index (χ0v) is 22.2. The number of hydrogen-bond donors (Lipinski definition) is 1. The smallest absolute Gasteiger partial charge is 0.336 e. The van der Waals surface area contributed by atoms with Crippen LogP contribution in [0.5, 0.6) is 5.75 Å². The molecule has 9 heteroatoms. The normalized spacial score (nSPS) is 14.9. The van der Waals surface area contributed by atoms with E-state index in [0.717, 1.165) is 25.2 Å². The lowest BCUT2D eigenvalue weighted by Crippen LogP contribution is -2.54. The Balaban J connectivity index is 1.74. The largest absolute Gasteiger partial charge is 0.494 e. The molecule has 1 aliphatic rings. The first-order valence-corrected chi connectivity index (χ1v) is 12.5. The van der Waals surface area contributed by atoms with Crippen molar-refractivity contribution in [2.24, 2.45) is 0 Å². The van der Waals surface area contributed by atoms with E-state index in [9.17, 15) is 18.8 Å². The second-order valence-corrected chi connectivity index (χ2v) is 9.61. The zero-order valence-electron chi connectivity index (χ0n) is 18.5. The molecule has 0 bridgehead atoms. The van der Waals surface area contributed by atoms with Crippen molar-refractivity contribution in [2.45, 2.75) is 13.3 Å². The predicted molar refractivity (Wildman–Crippen MR) is 143 cm³/mol. The summed E-state index contributed by atoms with van der Waals surface area (Å²) in [4.78, 5) is 38.6. The van der Waals surface area contributed by atoms with Crippen molar-refractivity contribution >= 4 is 68.1 Å². The van der Waals surface area contributed by atoms with Crippen molar-refractivity contribution in [1.82, 2.24) is 5.32 Å². The summed E-state index contributed by atoms with van der Waals surface area (Å²) in [5.74, 6) is -1.89. The van der Waals surface area contributed by atoms with Gasteiger partial charge >= 0.3 is 6.03 Å². The summed E-state index contributed by atoms with van der Waals surface area (Å²) in [6, 6.07) is 15.8. The van der Waals surface area contributed by atoms with Crippen LogP contribution in [0.25, 0.3) is 6.08 Å². The molecule has 0 aliphatic carbocycles. The van der Waals surface area contributed by atoms with Gasteiger partial charge in [0.25, 0.3) is 11.8 Å². The molecule has 6 nitrogen and oxygen atoms in total. The van der Waals surface area contributed by atoms with Gasteiger partial charge in [0, 0.05) is 20.0 Å². The van der Waals surface area contributed by atoms with Crippen molar-refractivity contribution in [2.75, 3.05) is 11.5 Å². The molecule has 4 rings (SSSR count). The van der Waals surface area contributed by atoms with Gasteiger partial charge in [-0.25, -0.2) is 14.1 Å². The number of carbonyl (C=O) groups excluding carboxylic acids is 3. The minimum Gasteiger partial charge on any atom is -0.494 e. The number of hydrogen-bond acceptors (Lipinski definition) is 4. The molecule has 0 spiro atoms. The van der Waals surface area contributed by atoms with Gasteiger partial charge in [-0.1, -0.05) is 46.3 Å². The van der Waals surface area contributed by atoms with Crippen LogP contribution in [0.4, 0.5) is 14.9 Å². The fourth-order valence-electron chi connectivity index (χ4n) is 3.68. The first kappa shape index (κ1) is 25.1. The maximum absolute atomic E-state index is 14.3. The second-order valence-electron chi connectivity index (χ2n) is 7.59. The number of rotatable bonds is 6. The summed E-state index contributed by atoms with van der Waals surface area (Å²) in [6.45, 7) is 2.30. The van der Waals surface area contributed by atoms with Crippen LogP contribution in [0, 0.1) is 9.39 Å². The number of para-hydroxylation sites is 1. The molecule has 1 saturated heterocycles. The van der Waals surface area contributed by atoms with Gasteiger partial charge in [0.15, 0.2) is 0 Å². The molecule has 0 unspecified atom stereocenters. The molecular weight excluding hydrogens is 630 g/mol. The zero-order chi connectivity index (χ0) is 25.1. The third kappa shape index (κ3) is 5.30. The standard InChI is InChI=1S/C26H19BrFIN2O4/c1-2-35-23-13-15(12-21(29)17(23)14-16-7-3-4-8-19(16)27)11-18-24(32)30-26(34)31(25(18)33)22-10-6-5-9-20(22)28/h3-13H,2,14H2,1H3,(H,30,32,34)/b18-11-. The quantitative estimate of drug-likeness (QED) is 0.207. The van der Waals surface area contributed by atoms with Gasteiger partial charge in [-0.3, -0.25) is 14.9 Å². The number of nitrogens with zero attached hydrogens (tertiary/aromatic N) is 1. The molecule has 3 aromatic rings. The molecule has 1 heterocycles. The van der Waals surface area contributed by atoms with Crippen molar-refractivity contribution in [3.8, 4) is 5.75 Å². The molecule has 0 aromatic heterocycles. The Morgan fingerprint density at radius 2 is 1.80 bits per heavy atom. The monoisotopic (exact) mass is 648 g/mol. The maximum atomic E-state index is 14.3. The lowest BCUT2D eigenvalue weighted by molar-refractivity contribution is -0.122. The number of anilines is 1. The minimum absolute atomic E-state index is 0.234. The van der Waals surface area contributed by atoms with E-state index in [-0.39, 0.29) is 11.3 Å². The third-order valence-corrected chi connectivity index (χ3v) is 7.04. The molecule has 1 N–H and O–H groups in total. The Hall–Kier alpha value is -3.05. The summed E-state index contributed by atoms with van der Waals surface area (Å²) in [6.07, 6.45) is 1.99. The Morgan fingerprint density at radius 3 is 2.51 bits per heavy atom. The van der Waals surface area contributed by atoms with Gasteiger partial charge in [-0.2, -0.15) is 0 Å². The second kappa shape index (κ2) is 10.7. The molecule has 1 fully saturated rings. The highest BCUT2D eigenvalue weighted by atomic mass is 127. The van der Waals surface area contributed by atoms with Crippen LogP contribution in [-0.4, -0.2) is 24.5 Å². The van der Waals surface area contributed by atoms with E-state index in [0.29, 0.717) is 29.2 Å². The van der Waals surface area contributed by atoms with Crippen LogP contribution in [0.1, 0.15) is 23.6 Å². The average Bonchev–Trinajstić information content (AvgIpc) is 2.81. The first-order chi connectivity index (χ1) is 16.8. The number of amides is 4. The number of imide groups is 2. The van der Waals surface area contributed by atoms with Crippen LogP contribution in [0.2, 0.25) is 0 Å². The Bertz CT molecular complexity index is 1380. The van der Waals surface area contributed by atoms with Crippen LogP contribution in [0.15, 0.2) is 70.7 Å². The van der Waals surface area contributed by atoms with Crippen LogP contribution >= 0.6 is 38.5 Å². The van der Waals surface area contributed by atoms with E-state index >= 15 is 0 Å². The molecule has 0 saturated carbocycles. The van der Waals surface area contributed by atoms with Gasteiger partial charge in [0.1, 0.15) is 17.1 Å². The highest BCUT2D eigenvalue weighted by molar-refractivity contribution is 14.1. The Labute approximate surface area is 223 Å². The van der Waals surface area contributed by atoms with Crippen LogP contribution in [-0.2, 0) is 16.0 Å². The summed E-state index contributed by atoms with van der Waals surface area (Å²) >= 11 is 5.77. The Kier molecular flexibility index (Phi) is 7.66. The lowest BCUT2D eigenvalue weighted by Gasteiger charge is -2.26. The van der Waals surface area contributed by atoms with E-state index in [1.54, 1.807) is 6.07 Å². The van der Waals surface area contributed by atoms with E-state index in [1.165, 1.54) is 24.3 Å². The highest BCUT2D eigenvalue weighted by Crippen LogP contribution is 2.32. The number of nitrogens with one attached hydrogen (secondary N) is 1.